The van der Waals surface area contributed by atoms with E-state index >= 15 is 0 Å². The number of nitrogens with zero attached hydrogens (tertiary/aromatic N) is 3. The molecule has 2 aromatic heterocycles. The van der Waals surface area contributed by atoms with E-state index in [1.165, 1.54) is 0 Å². The first-order valence-corrected chi connectivity index (χ1v) is 7.12. The van der Waals surface area contributed by atoms with Crippen molar-refractivity contribution in [2.45, 2.75) is 0 Å². The van der Waals surface area contributed by atoms with Crippen molar-refractivity contribution in [1.82, 2.24) is 9.97 Å². The van der Waals surface area contributed by atoms with E-state index in [4.69, 9.17) is 9.47 Å². The topological polar surface area (TPSA) is 76.6 Å². The molecule has 1 amide bonds. The van der Waals surface area contributed by atoms with Gasteiger partial charge in [0.15, 0.2) is 0 Å². The number of hydrogen-bond donors (Lipinski definition) is 1. The molecule has 7 nitrogen and oxygen atoms in total. The van der Waals surface area contributed by atoms with Crippen LogP contribution in [-0.2, 0) is 4.74 Å². The summed E-state index contributed by atoms with van der Waals surface area (Å²) < 4.78 is 10.3. The number of anilines is 2. The molecule has 2 rings (SSSR count). The Morgan fingerprint density at radius 3 is 2.70 bits per heavy atom. The van der Waals surface area contributed by atoms with Crippen molar-refractivity contribution in [3.63, 3.8) is 0 Å². The average molecular weight is 316 g/mol. The van der Waals surface area contributed by atoms with Gasteiger partial charge in [-0.25, -0.2) is 9.97 Å². The van der Waals surface area contributed by atoms with Crippen molar-refractivity contribution < 1.29 is 14.3 Å². The molecule has 23 heavy (non-hydrogen) atoms. The zero-order valence-corrected chi connectivity index (χ0v) is 13.4. The first-order chi connectivity index (χ1) is 11.1. The summed E-state index contributed by atoms with van der Waals surface area (Å²) in [6.45, 7) is 0.927. The highest BCUT2D eigenvalue weighted by atomic mass is 16.5. The van der Waals surface area contributed by atoms with Gasteiger partial charge in [-0.2, -0.15) is 0 Å². The lowest BCUT2D eigenvalue weighted by Gasteiger charge is -2.12. The number of hydrogen-bond acceptors (Lipinski definition) is 6. The highest BCUT2D eigenvalue weighted by Crippen LogP contribution is 2.14. The summed E-state index contributed by atoms with van der Waals surface area (Å²) in [5.41, 5.74) is 1.13. The minimum Gasteiger partial charge on any atom is -0.475 e. The highest BCUT2D eigenvalue weighted by molar-refractivity contribution is 6.04. The van der Waals surface area contributed by atoms with Gasteiger partial charge in [-0.05, 0) is 18.2 Å². The number of methoxy groups -OCH3 is 1. The Kier molecular flexibility index (Phi) is 5.87. The Morgan fingerprint density at radius 2 is 2.04 bits per heavy atom. The van der Waals surface area contributed by atoms with Crippen molar-refractivity contribution in [3.8, 4) is 5.88 Å². The number of carbonyl (C=O) groups excluding carboxylic acids is 1. The predicted octanol–water partition coefficient (Wildman–Crippen LogP) is 1.82. The van der Waals surface area contributed by atoms with Crippen LogP contribution in [-0.4, -0.2) is 50.3 Å². The molecule has 0 aliphatic rings. The van der Waals surface area contributed by atoms with Crippen LogP contribution in [0.1, 0.15) is 10.4 Å². The van der Waals surface area contributed by atoms with Gasteiger partial charge >= 0.3 is 0 Å². The molecule has 1 N–H and O–H groups in total. The van der Waals surface area contributed by atoms with Crippen LogP contribution >= 0.6 is 0 Å². The van der Waals surface area contributed by atoms with E-state index in [0.29, 0.717) is 30.3 Å². The molecule has 0 aliphatic carbocycles. The molecule has 0 unspecified atom stereocenters. The molecule has 2 aromatic rings. The Morgan fingerprint density at radius 1 is 1.22 bits per heavy atom. The van der Waals surface area contributed by atoms with Crippen molar-refractivity contribution in [3.05, 3.63) is 42.2 Å². The molecule has 0 atom stereocenters. The maximum absolute atomic E-state index is 12.3. The molecule has 0 spiro atoms. The second kappa shape index (κ2) is 8.09. The van der Waals surface area contributed by atoms with Crippen LogP contribution < -0.4 is 15.0 Å². The molecular formula is C16H20N4O3. The van der Waals surface area contributed by atoms with Gasteiger partial charge in [0.05, 0.1) is 18.5 Å². The van der Waals surface area contributed by atoms with Gasteiger partial charge in [0, 0.05) is 39.0 Å². The van der Waals surface area contributed by atoms with Crippen molar-refractivity contribution in [1.29, 1.82) is 0 Å². The third-order valence-corrected chi connectivity index (χ3v) is 3.00. The molecule has 0 fully saturated rings. The van der Waals surface area contributed by atoms with E-state index in [0.717, 1.165) is 5.82 Å². The molecule has 0 aromatic carbocycles. The molecule has 122 valence electrons. The van der Waals surface area contributed by atoms with Crippen LogP contribution in [0.4, 0.5) is 11.5 Å². The van der Waals surface area contributed by atoms with Gasteiger partial charge in [-0.3, -0.25) is 4.79 Å². The van der Waals surface area contributed by atoms with Crippen LogP contribution in [0.2, 0.25) is 0 Å². The second-order valence-electron chi connectivity index (χ2n) is 4.98. The quantitative estimate of drug-likeness (QED) is 0.785. The smallest absolute Gasteiger partial charge is 0.255 e. The maximum Gasteiger partial charge on any atom is 0.255 e. The number of carbonyl (C=O) groups is 1. The Balaban J connectivity index is 1.98. The van der Waals surface area contributed by atoms with Crippen molar-refractivity contribution in [2.75, 3.05) is 44.6 Å². The largest absolute Gasteiger partial charge is 0.475 e. The van der Waals surface area contributed by atoms with E-state index in [9.17, 15) is 4.79 Å². The number of pyridine rings is 2. The van der Waals surface area contributed by atoms with E-state index in [1.807, 2.05) is 19.0 Å². The van der Waals surface area contributed by atoms with Crippen LogP contribution in [0.25, 0.3) is 0 Å². The number of aromatic nitrogens is 2. The molecule has 0 saturated heterocycles. The van der Waals surface area contributed by atoms with Gasteiger partial charge in [-0.15, -0.1) is 0 Å². The first-order valence-electron chi connectivity index (χ1n) is 7.12. The Labute approximate surface area is 135 Å². The van der Waals surface area contributed by atoms with Crippen LogP contribution in [0.5, 0.6) is 5.88 Å². The van der Waals surface area contributed by atoms with Crippen molar-refractivity contribution >= 4 is 17.4 Å². The molecule has 0 radical (unpaired) electrons. The standard InChI is InChI=1S/C16H20N4O3/c1-20(2)14-10-12(6-7-17-14)16(21)19-13-4-5-15(18-11-13)23-9-8-22-3/h4-7,10-11H,8-9H2,1-3H3,(H,19,21). The fourth-order valence-electron chi connectivity index (χ4n) is 1.78. The van der Waals surface area contributed by atoms with Crippen LogP contribution in [0.3, 0.4) is 0 Å². The summed E-state index contributed by atoms with van der Waals surface area (Å²) in [5.74, 6) is 0.988. The minimum atomic E-state index is -0.217. The van der Waals surface area contributed by atoms with E-state index in [-0.39, 0.29) is 5.91 Å². The monoisotopic (exact) mass is 316 g/mol. The van der Waals surface area contributed by atoms with Gasteiger partial charge in [-0.1, -0.05) is 0 Å². The van der Waals surface area contributed by atoms with Crippen LogP contribution in [0.15, 0.2) is 36.7 Å². The van der Waals surface area contributed by atoms with Gasteiger partial charge < -0.3 is 19.7 Å². The van der Waals surface area contributed by atoms with E-state index in [2.05, 4.69) is 15.3 Å². The lowest BCUT2D eigenvalue weighted by Crippen LogP contribution is -2.15. The summed E-state index contributed by atoms with van der Waals surface area (Å²) in [4.78, 5) is 22.4. The molecule has 7 heteroatoms. The molecule has 0 aliphatic heterocycles. The third kappa shape index (κ3) is 4.93. The SMILES string of the molecule is COCCOc1ccc(NC(=O)c2ccnc(N(C)C)c2)cn1. The van der Waals surface area contributed by atoms with Crippen LogP contribution in [0, 0.1) is 0 Å². The fourth-order valence-corrected chi connectivity index (χ4v) is 1.78. The van der Waals surface area contributed by atoms with Gasteiger partial charge in [0.1, 0.15) is 12.4 Å². The van der Waals surface area contributed by atoms with Crippen molar-refractivity contribution in [2.24, 2.45) is 0 Å². The maximum atomic E-state index is 12.3. The first kappa shape index (κ1) is 16.7. The Bertz CT molecular complexity index is 644. The summed E-state index contributed by atoms with van der Waals surface area (Å²) in [6.07, 6.45) is 3.16. The summed E-state index contributed by atoms with van der Waals surface area (Å²) in [7, 11) is 5.35. The average Bonchev–Trinajstić information content (AvgIpc) is 2.56. The predicted molar refractivity (Wildman–Crippen MR) is 88.1 cm³/mol. The minimum absolute atomic E-state index is 0.217. The number of ether oxygens (including phenoxy) is 2. The van der Waals surface area contributed by atoms with E-state index < -0.39 is 0 Å². The normalized spacial score (nSPS) is 10.2. The summed E-state index contributed by atoms with van der Waals surface area (Å²) >= 11 is 0. The van der Waals surface area contributed by atoms with Gasteiger partial charge in [0.25, 0.3) is 5.91 Å². The summed E-state index contributed by atoms with van der Waals surface area (Å²) in [6, 6.07) is 6.83. The van der Waals surface area contributed by atoms with Gasteiger partial charge in [0.2, 0.25) is 5.88 Å². The molecule has 0 saturated carbocycles. The fraction of sp³-hybridized carbons (Fsp3) is 0.312. The molecule has 2 heterocycles. The zero-order valence-electron chi connectivity index (χ0n) is 13.4. The Hall–Kier alpha value is -2.67. The number of nitrogens with one attached hydrogen (secondary N) is 1. The lowest BCUT2D eigenvalue weighted by molar-refractivity contribution is 0.102. The molecular weight excluding hydrogens is 296 g/mol. The zero-order chi connectivity index (χ0) is 16.7. The molecule has 0 bridgehead atoms. The second-order valence-corrected chi connectivity index (χ2v) is 4.98. The third-order valence-electron chi connectivity index (χ3n) is 3.00. The van der Waals surface area contributed by atoms with E-state index in [1.54, 1.807) is 43.8 Å². The number of amides is 1. The number of rotatable bonds is 7. The summed E-state index contributed by atoms with van der Waals surface area (Å²) in [5, 5.41) is 2.79. The lowest BCUT2D eigenvalue weighted by atomic mass is 10.2. The highest BCUT2D eigenvalue weighted by Gasteiger charge is 2.08.